The second-order valence-corrected chi connectivity index (χ2v) is 5.87. The zero-order valence-corrected chi connectivity index (χ0v) is 13.0. The van der Waals surface area contributed by atoms with Crippen LogP contribution in [0.4, 0.5) is 5.82 Å². The van der Waals surface area contributed by atoms with Crippen molar-refractivity contribution < 1.29 is 9.53 Å². The lowest BCUT2D eigenvalue weighted by Crippen LogP contribution is -2.36. The van der Waals surface area contributed by atoms with Crippen molar-refractivity contribution in [1.29, 1.82) is 0 Å². The Bertz CT molecular complexity index is 515. The molecule has 0 radical (unpaired) electrons. The molecule has 1 saturated carbocycles. The number of methoxy groups -OCH3 is 1. The Balaban J connectivity index is 2.28. The predicted molar refractivity (Wildman–Crippen MR) is 78.0 cm³/mol. The highest BCUT2D eigenvalue weighted by atomic mass is 35.5. The Kier molecular flexibility index (Phi) is 4.48. The van der Waals surface area contributed by atoms with Gasteiger partial charge in [-0.05, 0) is 25.7 Å². The van der Waals surface area contributed by atoms with Gasteiger partial charge < -0.3 is 10.1 Å². The third kappa shape index (κ3) is 3.20. The van der Waals surface area contributed by atoms with Crippen LogP contribution < -0.4 is 5.32 Å². The van der Waals surface area contributed by atoms with E-state index >= 15 is 0 Å². The van der Waals surface area contributed by atoms with Crippen molar-refractivity contribution in [3.8, 4) is 0 Å². The van der Waals surface area contributed by atoms with E-state index in [4.69, 9.17) is 16.3 Å². The number of hydrogen-bond donors (Lipinski definition) is 1. The van der Waals surface area contributed by atoms with Crippen LogP contribution in [-0.4, -0.2) is 29.1 Å². The summed E-state index contributed by atoms with van der Waals surface area (Å²) in [5, 5.41) is 3.59. The van der Waals surface area contributed by atoms with Crippen LogP contribution in [0.1, 0.15) is 44.0 Å². The van der Waals surface area contributed by atoms with Crippen molar-refractivity contribution in [3.63, 3.8) is 0 Å². The molecule has 1 aliphatic carbocycles. The minimum atomic E-state index is -0.447. The average molecular weight is 298 g/mol. The number of aromatic nitrogens is 2. The molecule has 0 bridgehead atoms. The molecule has 1 fully saturated rings. The number of rotatable bonds is 5. The number of anilines is 1. The third-order valence-corrected chi connectivity index (χ3v) is 3.83. The number of ether oxygens (including phenoxy) is 1. The summed E-state index contributed by atoms with van der Waals surface area (Å²) in [6.07, 6.45) is 2.20. The van der Waals surface area contributed by atoms with E-state index in [-0.39, 0.29) is 11.9 Å². The maximum Gasteiger partial charge on any atom is 0.328 e. The molecule has 1 N–H and O–H groups in total. The Hall–Kier alpha value is -1.36. The SMILES string of the molecule is COC(=O)C(Nc1nc(C2CC2)nc(Cl)c1C)C(C)C. The Labute approximate surface area is 124 Å². The van der Waals surface area contributed by atoms with Gasteiger partial charge in [0, 0.05) is 11.5 Å². The second kappa shape index (κ2) is 5.95. The topological polar surface area (TPSA) is 64.1 Å². The molecule has 1 aromatic rings. The summed E-state index contributed by atoms with van der Waals surface area (Å²) in [7, 11) is 1.38. The number of carbonyl (C=O) groups excluding carboxylic acids is 1. The van der Waals surface area contributed by atoms with Crippen LogP contribution in [0.5, 0.6) is 0 Å². The van der Waals surface area contributed by atoms with Gasteiger partial charge >= 0.3 is 5.97 Å². The van der Waals surface area contributed by atoms with Crippen LogP contribution in [0.25, 0.3) is 0 Å². The van der Waals surface area contributed by atoms with Gasteiger partial charge in [0.25, 0.3) is 0 Å². The van der Waals surface area contributed by atoms with Crippen molar-refractivity contribution in [3.05, 3.63) is 16.5 Å². The smallest absolute Gasteiger partial charge is 0.328 e. The van der Waals surface area contributed by atoms with Crippen molar-refractivity contribution in [2.24, 2.45) is 5.92 Å². The van der Waals surface area contributed by atoms with Crippen molar-refractivity contribution in [1.82, 2.24) is 9.97 Å². The van der Waals surface area contributed by atoms with E-state index in [0.717, 1.165) is 24.2 Å². The lowest BCUT2D eigenvalue weighted by atomic mass is 10.0. The summed E-state index contributed by atoms with van der Waals surface area (Å²) < 4.78 is 4.83. The highest BCUT2D eigenvalue weighted by molar-refractivity contribution is 6.30. The molecule has 0 saturated heterocycles. The minimum Gasteiger partial charge on any atom is -0.467 e. The molecule has 0 aromatic carbocycles. The summed E-state index contributed by atoms with van der Waals surface area (Å²) in [6, 6.07) is -0.447. The van der Waals surface area contributed by atoms with Gasteiger partial charge in [-0.2, -0.15) is 0 Å². The highest BCUT2D eigenvalue weighted by Crippen LogP contribution is 2.39. The lowest BCUT2D eigenvalue weighted by molar-refractivity contribution is -0.142. The second-order valence-electron chi connectivity index (χ2n) is 5.51. The van der Waals surface area contributed by atoms with Crippen LogP contribution in [0.2, 0.25) is 5.15 Å². The summed E-state index contributed by atoms with van der Waals surface area (Å²) in [5.74, 6) is 1.57. The Morgan fingerprint density at radius 3 is 2.55 bits per heavy atom. The van der Waals surface area contributed by atoms with Crippen molar-refractivity contribution in [2.45, 2.75) is 45.6 Å². The molecule has 20 heavy (non-hydrogen) atoms. The molecule has 0 amide bonds. The number of carbonyl (C=O) groups is 1. The number of halogens is 1. The molecule has 5 nitrogen and oxygen atoms in total. The van der Waals surface area contributed by atoms with E-state index in [0.29, 0.717) is 16.9 Å². The molecule has 6 heteroatoms. The van der Waals surface area contributed by atoms with Gasteiger partial charge in [-0.3, -0.25) is 0 Å². The fourth-order valence-corrected chi connectivity index (χ4v) is 2.12. The van der Waals surface area contributed by atoms with Gasteiger partial charge in [0.05, 0.1) is 7.11 Å². The van der Waals surface area contributed by atoms with Crippen LogP contribution in [-0.2, 0) is 9.53 Å². The molecule has 1 aliphatic rings. The van der Waals surface area contributed by atoms with E-state index in [2.05, 4.69) is 15.3 Å². The maximum atomic E-state index is 11.8. The molecule has 1 aromatic heterocycles. The van der Waals surface area contributed by atoms with Crippen molar-refractivity contribution >= 4 is 23.4 Å². The molecule has 1 heterocycles. The molecule has 0 aliphatic heterocycles. The first-order valence-electron chi connectivity index (χ1n) is 6.82. The van der Waals surface area contributed by atoms with E-state index in [9.17, 15) is 4.79 Å². The molecule has 0 spiro atoms. The number of nitrogens with one attached hydrogen (secondary N) is 1. The molecule has 1 atom stereocenters. The van der Waals surface area contributed by atoms with E-state index in [1.165, 1.54) is 7.11 Å². The molecular weight excluding hydrogens is 278 g/mol. The lowest BCUT2D eigenvalue weighted by Gasteiger charge is -2.21. The van der Waals surface area contributed by atoms with Gasteiger partial charge in [-0.1, -0.05) is 25.4 Å². The molecular formula is C14H20ClN3O2. The maximum absolute atomic E-state index is 11.8. The zero-order valence-electron chi connectivity index (χ0n) is 12.2. The van der Waals surface area contributed by atoms with E-state index < -0.39 is 6.04 Å². The summed E-state index contributed by atoms with van der Waals surface area (Å²) in [5.41, 5.74) is 0.755. The quantitative estimate of drug-likeness (QED) is 0.669. The largest absolute Gasteiger partial charge is 0.467 e. The number of nitrogens with zero attached hydrogens (tertiary/aromatic N) is 2. The van der Waals surface area contributed by atoms with E-state index in [1.54, 1.807) is 0 Å². The zero-order chi connectivity index (χ0) is 14.9. The normalized spacial score (nSPS) is 16.1. The predicted octanol–water partition coefficient (Wildman–Crippen LogP) is 2.93. The Morgan fingerprint density at radius 2 is 2.05 bits per heavy atom. The van der Waals surface area contributed by atoms with Gasteiger partial charge in [-0.15, -0.1) is 0 Å². The average Bonchev–Trinajstić information content (AvgIpc) is 3.23. The summed E-state index contributed by atoms with van der Waals surface area (Å²) in [6.45, 7) is 5.75. The molecule has 2 rings (SSSR count). The fraction of sp³-hybridized carbons (Fsp3) is 0.643. The first-order valence-corrected chi connectivity index (χ1v) is 7.20. The first-order chi connectivity index (χ1) is 9.43. The third-order valence-electron chi connectivity index (χ3n) is 3.46. The van der Waals surface area contributed by atoms with Gasteiger partial charge in [-0.25, -0.2) is 14.8 Å². The monoisotopic (exact) mass is 297 g/mol. The van der Waals surface area contributed by atoms with Gasteiger partial charge in [0.15, 0.2) is 0 Å². The molecule has 1 unspecified atom stereocenters. The van der Waals surface area contributed by atoms with Gasteiger partial charge in [0.1, 0.15) is 22.8 Å². The summed E-state index contributed by atoms with van der Waals surface area (Å²) >= 11 is 6.16. The van der Waals surface area contributed by atoms with Crippen LogP contribution in [0, 0.1) is 12.8 Å². The number of hydrogen-bond acceptors (Lipinski definition) is 5. The van der Waals surface area contributed by atoms with Crippen molar-refractivity contribution in [2.75, 3.05) is 12.4 Å². The summed E-state index contributed by atoms with van der Waals surface area (Å²) in [4.78, 5) is 20.7. The number of esters is 1. The fourth-order valence-electron chi connectivity index (χ4n) is 1.94. The van der Waals surface area contributed by atoms with Crippen LogP contribution in [0.3, 0.4) is 0 Å². The standard InChI is InChI=1S/C14H20ClN3O2/c1-7(2)10(14(19)20-4)16-12-8(3)11(15)17-13(18-12)9-5-6-9/h7,9-10H,5-6H2,1-4H3,(H,16,17,18). The minimum absolute atomic E-state index is 0.0833. The van der Waals surface area contributed by atoms with E-state index in [1.807, 2.05) is 20.8 Å². The Morgan fingerprint density at radius 1 is 1.40 bits per heavy atom. The van der Waals surface area contributed by atoms with Crippen LogP contribution >= 0.6 is 11.6 Å². The van der Waals surface area contributed by atoms with Crippen LogP contribution in [0.15, 0.2) is 0 Å². The first kappa shape index (κ1) is 15.0. The molecule has 110 valence electrons. The van der Waals surface area contributed by atoms with Gasteiger partial charge in [0.2, 0.25) is 0 Å². The highest BCUT2D eigenvalue weighted by Gasteiger charge is 2.29.